The summed E-state index contributed by atoms with van der Waals surface area (Å²) in [4.78, 5) is 27.8. The fraction of sp³-hybridized carbons (Fsp3) is 0.583. The molecule has 1 saturated heterocycles. The molecule has 1 fully saturated rings. The molecule has 5 heteroatoms. The van der Waals surface area contributed by atoms with Crippen molar-refractivity contribution >= 4 is 23.2 Å². The Hall–Kier alpha value is -1.23. The van der Waals surface area contributed by atoms with E-state index in [0.29, 0.717) is 6.42 Å². The van der Waals surface area contributed by atoms with Crippen LogP contribution < -0.4 is 5.32 Å². The number of nitrogens with one attached hydrogen (secondary N) is 1. The molecule has 2 amide bonds. The molecule has 1 aromatic heterocycles. The molecule has 2 atom stereocenters. The summed E-state index contributed by atoms with van der Waals surface area (Å²) in [6.45, 7) is 5.95. The molecule has 92 valence electrons. The lowest BCUT2D eigenvalue weighted by Crippen LogP contribution is -2.46. The molecule has 1 N–H and O–H groups in total. The molecule has 0 saturated carbocycles. The summed E-state index contributed by atoms with van der Waals surface area (Å²) in [5.41, 5.74) is 0.884. The Kier molecular flexibility index (Phi) is 3.28. The normalized spacial score (nSPS) is 25.2. The Morgan fingerprint density at radius 1 is 1.47 bits per heavy atom. The zero-order chi connectivity index (χ0) is 12.6. The van der Waals surface area contributed by atoms with Crippen molar-refractivity contribution in [1.82, 2.24) is 10.3 Å². The fourth-order valence-electron chi connectivity index (χ4n) is 2.39. The second kappa shape index (κ2) is 4.56. The van der Waals surface area contributed by atoms with Crippen LogP contribution in [0.25, 0.3) is 0 Å². The van der Waals surface area contributed by atoms with Crippen LogP contribution in [-0.2, 0) is 9.59 Å². The number of hydrogen-bond acceptors (Lipinski definition) is 4. The second-order valence-electron chi connectivity index (χ2n) is 4.78. The quantitative estimate of drug-likeness (QED) is 0.817. The van der Waals surface area contributed by atoms with Crippen molar-refractivity contribution in [2.75, 3.05) is 0 Å². The minimum atomic E-state index is -0.192. The molecule has 1 aromatic rings. The molecule has 2 heterocycles. The minimum absolute atomic E-state index is 0.0683. The standard InChI is InChI=1S/C12H16N2O2S/c1-6(2)11-8(4-10(15)14-12(11)16)9-5-17-7(3)13-9/h5-6,8,11H,4H2,1-3H3,(H,14,15,16). The van der Waals surface area contributed by atoms with Gasteiger partial charge in [-0.05, 0) is 12.8 Å². The van der Waals surface area contributed by atoms with E-state index in [2.05, 4.69) is 10.3 Å². The van der Waals surface area contributed by atoms with E-state index in [4.69, 9.17) is 0 Å². The number of rotatable bonds is 2. The highest BCUT2D eigenvalue weighted by molar-refractivity contribution is 7.09. The largest absolute Gasteiger partial charge is 0.296 e. The van der Waals surface area contributed by atoms with Crippen LogP contribution in [0.5, 0.6) is 0 Å². The third kappa shape index (κ3) is 2.39. The topological polar surface area (TPSA) is 59.1 Å². The first kappa shape index (κ1) is 12.2. The Bertz CT molecular complexity index is 453. The summed E-state index contributed by atoms with van der Waals surface area (Å²) in [7, 11) is 0. The molecule has 0 radical (unpaired) electrons. The molecule has 17 heavy (non-hydrogen) atoms. The highest BCUT2D eigenvalue weighted by Crippen LogP contribution is 2.36. The van der Waals surface area contributed by atoms with Crippen molar-refractivity contribution in [3.8, 4) is 0 Å². The zero-order valence-corrected chi connectivity index (χ0v) is 11.0. The van der Waals surface area contributed by atoms with E-state index in [-0.39, 0.29) is 29.6 Å². The van der Waals surface area contributed by atoms with Crippen LogP contribution in [0.1, 0.15) is 36.9 Å². The Balaban J connectivity index is 2.33. The van der Waals surface area contributed by atoms with Gasteiger partial charge in [0.25, 0.3) is 0 Å². The lowest BCUT2D eigenvalue weighted by Gasteiger charge is -2.31. The van der Waals surface area contributed by atoms with Gasteiger partial charge in [-0.15, -0.1) is 11.3 Å². The van der Waals surface area contributed by atoms with Crippen LogP contribution in [0.3, 0.4) is 0 Å². The second-order valence-corrected chi connectivity index (χ2v) is 5.85. The molecule has 0 bridgehead atoms. The summed E-state index contributed by atoms with van der Waals surface area (Å²) in [5, 5.41) is 5.35. The average Bonchev–Trinajstić information content (AvgIpc) is 2.62. The summed E-state index contributed by atoms with van der Waals surface area (Å²) >= 11 is 1.56. The number of amides is 2. The van der Waals surface area contributed by atoms with Gasteiger partial charge >= 0.3 is 0 Å². The van der Waals surface area contributed by atoms with E-state index < -0.39 is 0 Å². The maximum Gasteiger partial charge on any atom is 0.230 e. The number of carbonyl (C=O) groups is 2. The van der Waals surface area contributed by atoms with Gasteiger partial charge in [-0.1, -0.05) is 13.8 Å². The predicted molar refractivity (Wildman–Crippen MR) is 65.7 cm³/mol. The SMILES string of the molecule is Cc1nc(C2CC(=O)NC(=O)C2C(C)C)cs1. The van der Waals surface area contributed by atoms with Crippen LogP contribution in [-0.4, -0.2) is 16.8 Å². The first-order chi connectivity index (χ1) is 7.99. The first-order valence-electron chi connectivity index (χ1n) is 5.74. The van der Waals surface area contributed by atoms with Crippen LogP contribution in [0.15, 0.2) is 5.38 Å². The third-order valence-corrected chi connectivity index (χ3v) is 3.93. The number of hydrogen-bond donors (Lipinski definition) is 1. The molecule has 0 aliphatic carbocycles. The van der Waals surface area contributed by atoms with Crippen LogP contribution >= 0.6 is 11.3 Å². The molecule has 1 aliphatic rings. The molecule has 0 aromatic carbocycles. The third-order valence-electron chi connectivity index (χ3n) is 3.14. The lowest BCUT2D eigenvalue weighted by atomic mass is 9.77. The number of aromatic nitrogens is 1. The van der Waals surface area contributed by atoms with E-state index in [1.807, 2.05) is 26.2 Å². The molecule has 2 rings (SSSR count). The summed E-state index contributed by atoms with van der Waals surface area (Å²) in [5.74, 6) is -0.375. The molecule has 4 nitrogen and oxygen atoms in total. The van der Waals surface area contributed by atoms with Gasteiger partial charge in [0.05, 0.1) is 10.7 Å². The molecular weight excluding hydrogens is 236 g/mol. The van der Waals surface area contributed by atoms with Crippen molar-refractivity contribution in [1.29, 1.82) is 0 Å². The van der Waals surface area contributed by atoms with Crippen molar-refractivity contribution in [2.24, 2.45) is 11.8 Å². The minimum Gasteiger partial charge on any atom is -0.296 e. The number of nitrogens with zero attached hydrogens (tertiary/aromatic N) is 1. The Morgan fingerprint density at radius 3 is 2.71 bits per heavy atom. The highest BCUT2D eigenvalue weighted by atomic mass is 32.1. The number of piperidine rings is 1. The van der Waals surface area contributed by atoms with Gasteiger partial charge in [0.2, 0.25) is 11.8 Å². The maximum atomic E-state index is 11.9. The molecule has 2 unspecified atom stereocenters. The first-order valence-corrected chi connectivity index (χ1v) is 6.62. The van der Waals surface area contributed by atoms with Crippen molar-refractivity contribution in [3.05, 3.63) is 16.1 Å². The maximum absolute atomic E-state index is 11.9. The van der Waals surface area contributed by atoms with Crippen LogP contribution in [0, 0.1) is 18.8 Å². The average molecular weight is 252 g/mol. The van der Waals surface area contributed by atoms with Gasteiger partial charge in [0.15, 0.2) is 0 Å². The molecular formula is C12H16N2O2S. The number of aryl methyl sites for hydroxylation is 1. The smallest absolute Gasteiger partial charge is 0.230 e. The molecule has 0 spiro atoms. The highest BCUT2D eigenvalue weighted by Gasteiger charge is 2.39. The van der Waals surface area contributed by atoms with Gasteiger partial charge in [-0.2, -0.15) is 0 Å². The van der Waals surface area contributed by atoms with E-state index in [1.165, 1.54) is 0 Å². The van der Waals surface area contributed by atoms with Crippen molar-refractivity contribution in [2.45, 2.75) is 33.1 Å². The van der Waals surface area contributed by atoms with Gasteiger partial charge in [0, 0.05) is 23.6 Å². The lowest BCUT2D eigenvalue weighted by molar-refractivity contribution is -0.138. The van der Waals surface area contributed by atoms with E-state index >= 15 is 0 Å². The van der Waals surface area contributed by atoms with Crippen LogP contribution in [0.2, 0.25) is 0 Å². The van der Waals surface area contributed by atoms with Gasteiger partial charge in [-0.25, -0.2) is 4.98 Å². The number of carbonyl (C=O) groups excluding carboxylic acids is 2. The van der Waals surface area contributed by atoms with E-state index in [9.17, 15) is 9.59 Å². The summed E-state index contributed by atoms with van der Waals surface area (Å²) in [6, 6.07) is 0. The van der Waals surface area contributed by atoms with Crippen LogP contribution in [0.4, 0.5) is 0 Å². The van der Waals surface area contributed by atoms with Gasteiger partial charge in [0.1, 0.15) is 0 Å². The monoisotopic (exact) mass is 252 g/mol. The van der Waals surface area contributed by atoms with E-state index in [0.717, 1.165) is 10.7 Å². The summed E-state index contributed by atoms with van der Waals surface area (Å²) in [6.07, 6.45) is 0.359. The Morgan fingerprint density at radius 2 is 2.18 bits per heavy atom. The van der Waals surface area contributed by atoms with Crippen molar-refractivity contribution in [3.63, 3.8) is 0 Å². The van der Waals surface area contributed by atoms with Gasteiger partial charge < -0.3 is 0 Å². The number of imide groups is 1. The van der Waals surface area contributed by atoms with Crippen molar-refractivity contribution < 1.29 is 9.59 Å². The Labute approximate surface area is 104 Å². The van der Waals surface area contributed by atoms with Gasteiger partial charge in [-0.3, -0.25) is 14.9 Å². The zero-order valence-electron chi connectivity index (χ0n) is 10.2. The fourth-order valence-corrected chi connectivity index (χ4v) is 3.06. The summed E-state index contributed by atoms with van der Waals surface area (Å²) < 4.78 is 0. The predicted octanol–water partition coefficient (Wildman–Crippen LogP) is 1.85. The number of thiazole rings is 1. The molecule has 1 aliphatic heterocycles. The van der Waals surface area contributed by atoms with E-state index in [1.54, 1.807) is 11.3 Å².